The van der Waals surface area contributed by atoms with E-state index in [0.29, 0.717) is 31.5 Å². The minimum absolute atomic E-state index is 0.287. The maximum Gasteiger partial charge on any atom is 0.423 e. The molecule has 2 aliphatic heterocycles. The molecule has 1 atom stereocenters. The number of aliphatic hydroxyl groups excluding tert-OH is 1. The first-order valence-corrected chi connectivity index (χ1v) is 11.5. The smallest absolute Gasteiger partial charge is 0.423 e. The molecule has 0 spiro atoms. The van der Waals surface area contributed by atoms with Crippen LogP contribution in [-0.2, 0) is 4.79 Å². The van der Waals surface area contributed by atoms with Crippen molar-refractivity contribution in [3.05, 3.63) is 23.8 Å². The van der Waals surface area contributed by atoms with Crippen LogP contribution in [0.15, 0.2) is 18.2 Å². The van der Waals surface area contributed by atoms with Crippen LogP contribution < -0.4 is 14.8 Å². The molecule has 6 nitrogen and oxygen atoms in total. The molecule has 178 valence electrons. The molecule has 0 radical (unpaired) electrons. The number of benzene rings is 1. The molecule has 32 heavy (non-hydrogen) atoms. The van der Waals surface area contributed by atoms with Crippen LogP contribution in [0.4, 0.5) is 13.2 Å². The molecule has 1 saturated heterocycles. The van der Waals surface area contributed by atoms with E-state index in [1.165, 1.54) is 5.56 Å². The van der Waals surface area contributed by atoms with Crippen LogP contribution in [0.5, 0.6) is 11.5 Å². The molecule has 3 aliphatic rings. The van der Waals surface area contributed by atoms with Crippen molar-refractivity contribution >= 4 is 5.91 Å². The molecule has 2 fully saturated rings. The van der Waals surface area contributed by atoms with E-state index in [0.717, 1.165) is 63.2 Å². The van der Waals surface area contributed by atoms with Gasteiger partial charge < -0.3 is 24.8 Å². The third kappa shape index (κ3) is 5.49. The van der Waals surface area contributed by atoms with Gasteiger partial charge in [0.15, 0.2) is 11.5 Å². The van der Waals surface area contributed by atoms with E-state index in [1.54, 1.807) is 0 Å². The number of hydrogen-bond donors (Lipinski definition) is 2. The van der Waals surface area contributed by atoms with Crippen molar-refractivity contribution in [1.29, 1.82) is 0 Å². The lowest BCUT2D eigenvalue weighted by Crippen LogP contribution is -2.48. The fourth-order valence-corrected chi connectivity index (χ4v) is 5.13. The fraction of sp³-hybridized carbons (Fsp3) is 0.696. The number of nitrogens with zero attached hydrogens (tertiary/aromatic N) is 1. The number of piperidine rings is 1. The van der Waals surface area contributed by atoms with E-state index in [-0.39, 0.29) is 6.04 Å². The topological polar surface area (TPSA) is 71.0 Å². The highest BCUT2D eigenvalue weighted by atomic mass is 19.4. The average molecular weight is 457 g/mol. The Balaban J connectivity index is 1.15. The van der Waals surface area contributed by atoms with E-state index < -0.39 is 18.2 Å². The van der Waals surface area contributed by atoms with Crippen LogP contribution in [0.3, 0.4) is 0 Å². The predicted molar refractivity (Wildman–Crippen MR) is 112 cm³/mol. The Morgan fingerprint density at radius 1 is 1.12 bits per heavy atom. The van der Waals surface area contributed by atoms with E-state index in [4.69, 9.17) is 14.6 Å². The lowest BCUT2D eigenvalue weighted by atomic mass is 9.83. The Labute approximate surface area is 186 Å². The van der Waals surface area contributed by atoms with Crippen LogP contribution in [0, 0.1) is 5.92 Å². The molecule has 1 saturated carbocycles. The summed E-state index contributed by atoms with van der Waals surface area (Å²) >= 11 is 0. The first-order chi connectivity index (χ1) is 15.3. The van der Waals surface area contributed by atoms with Gasteiger partial charge in [0, 0.05) is 11.6 Å². The Morgan fingerprint density at radius 3 is 2.53 bits per heavy atom. The summed E-state index contributed by atoms with van der Waals surface area (Å²) < 4.78 is 48.5. The van der Waals surface area contributed by atoms with Crippen molar-refractivity contribution < 1.29 is 32.5 Å². The third-order valence-corrected chi connectivity index (χ3v) is 7.06. The van der Waals surface area contributed by atoms with Gasteiger partial charge >= 0.3 is 6.18 Å². The number of carbonyl (C=O) groups is 1. The maximum absolute atomic E-state index is 12.4. The summed E-state index contributed by atoms with van der Waals surface area (Å²) in [6.45, 7) is 3.39. The number of aliphatic hydroxyl groups is 1. The highest BCUT2D eigenvalue weighted by molar-refractivity contribution is 5.81. The number of alkyl halides is 3. The van der Waals surface area contributed by atoms with E-state index in [9.17, 15) is 18.0 Å². The van der Waals surface area contributed by atoms with Crippen molar-refractivity contribution in [2.45, 2.75) is 69.2 Å². The van der Waals surface area contributed by atoms with Crippen LogP contribution in [0.1, 0.15) is 56.4 Å². The van der Waals surface area contributed by atoms with E-state index in [1.807, 2.05) is 12.1 Å². The highest BCUT2D eigenvalue weighted by Gasteiger charge is 2.44. The number of hydrogen-bond acceptors (Lipinski definition) is 5. The molecular formula is C23H31F3N2O4. The van der Waals surface area contributed by atoms with Crippen molar-refractivity contribution in [3.63, 3.8) is 0 Å². The second kappa shape index (κ2) is 9.87. The zero-order valence-electron chi connectivity index (χ0n) is 18.1. The zero-order chi connectivity index (χ0) is 22.7. The number of rotatable bonds is 6. The molecule has 2 N–H and O–H groups in total. The van der Waals surface area contributed by atoms with Gasteiger partial charge in [0.05, 0.1) is 0 Å². The molecule has 9 heteroatoms. The summed E-state index contributed by atoms with van der Waals surface area (Å²) in [5.74, 6) is 1.40. The van der Waals surface area contributed by atoms with Gasteiger partial charge in [0.25, 0.3) is 5.91 Å². The average Bonchev–Trinajstić information content (AvgIpc) is 3.27. The second-order valence-corrected chi connectivity index (χ2v) is 9.16. The van der Waals surface area contributed by atoms with Crippen molar-refractivity contribution in [2.75, 3.05) is 26.4 Å². The molecule has 1 aliphatic carbocycles. The first kappa shape index (κ1) is 23.2. The van der Waals surface area contributed by atoms with Crippen LogP contribution >= 0.6 is 0 Å². The molecule has 4 rings (SSSR count). The molecular weight excluding hydrogens is 425 g/mol. The van der Waals surface area contributed by atoms with Gasteiger partial charge in [-0.15, -0.1) is 0 Å². The lowest BCUT2D eigenvalue weighted by molar-refractivity contribution is -0.205. The largest absolute Gasteiger partial charge is 0.454 e. The minimum Gasteiger partial charge on any atom is -0.454 e. The molecule has 0 bridgehead atoms. The molecule has 0 aromatic heterocycles. The van der Waals surface area contributed by atoms with Crippen LogP contribution in [0.25, 0.3) is 0 Å². The number of nitrogens with one attached hydrogen (secondary N) is 1. The number of amides is 1. The van der Waals surface area contributed by atoms with Gasteiger partial charge in [-0.1, -0.05) is 12.1 Å². The SMILES string of the molecule is O=C(N[C@H]1CC[C@H](CCN2CCC(c3cccc4c3OCO4)CC2)CC1)[C@@H](O)C(F)(F)F. The second-order valence-electron chi connectivity index (χ2n) is 9.16. The molecule has 2 heterocycles. The van der Waals surface area contributed by atoms with Crippen molar-refractivity contribution in [2.24, 2.45) is 5.92 Å². The Morgan fingerprint density at radius 2 is 1.84 bits per heavy atom. The Hall–Kier alpha value is -2.00. The van der Waals surface area contributed by atoms with Gasteiger partial charge in [-0.05, 0) is 82.5 Å². The lowest BCUT2D eigenvalue weighted by Gasteiger charge is -2.35. The van der Waals surface area contributed by atoms with Gasteiger partial charge in [0.1, 0.15) is 0 Å². The summed E-state index contributed by atoms with van der Waals surface area (Å²) in [6, 6.07) is 5.82. The molecule has 1 aromatic carbocycles. The van der Waals surface area contributed by atoms with Gasteiger partial charge in [-0.3, -0.25) is 4.79 Å². The summed E-state index contributed by atoms with van der Waals surface area (Å²) in [5.41, 5.74) is 1.25. The monoisotopic (exact) mass is 456 g/mol. The van der Waals surface area contributed by atoms with Gasteiger partial charge in [0.2, 0.25) is 12.9 Å². The normalized spacial score (nSPS) is 25.5. The number of likely N-dealkylation sites (tertiary alicyclic amines) is 1. The predicted octanol–water partition coefficient (Wildman–Crippen LogP) is 3.58. The molecule has 1 aromatic rings. The number of carbonyl (C=O) groups excluding carboxylic acids is 1. The van der Waals surface area contributed by atoms with E-state index >= 15 is 0 Å². The number of para-hydroxylation sites is 1. The fourth-order valence-electron chi connectivity index (χ4n) is 5.13. The summed E-state index contributed by atoms with van der Waals surface area (Å²) in [5, 5.41) is 11.4. The van der Waals surface area contributed by atoms with Gasteiger partial charge in [-0.25, -0.2) is 0 Å². The number of fused-ring (bicyclic) bond motifs is 1. The number of ether oxygens (including phenoxy) is 2. The minimum atomic E-state index is -4.92. The van der Waals surface area contributed by atoms with E-state index in [2.05, 4.69) is 16.3 Å². The summed E-state index contributed by atoms with van der Waals surface area (Å²) in [4.78, 5) is 14.1. The summed E-state index contributed by atoms with van der Waals surface area (Å²) in [6.07, 6.45) is -1.55. The molecule has 0 unspecified atom stereocenters. The van der Waals surface area contributed by atoms with Crippen LogP contribution in [0.2, 0.25) is 0 Å². The zero-order valence-corrected chi connectivity index (χ0v) is 18.1. The highest BCUT2D eigenvalue weighted by Crippen LogP contribution is 2.42. The number of halogens is 3. The third-order valence-electron chi connectivity index (χ3n) is 7.06. The van der Waals surface area contributed by atoms with Gasteiger partial charge in [-0.2, -0.15) is 13.2 Å². The standard InChI is InChI=1S/C23H31F3N2O4/c24-23(25,26)21(29)22(30)27-17-6-4-15(5-7-17)8-11-28-12-9-16(10-13-28)18-2-1-3-19-20(18)32-14-31-19/h1-3,15-17,21,29H,4-14H2,(H,27,30)/t15-,17-,21-/m1/s1. The Bertz CT molecular complexity index is 788. The molecule has 1 amide bonds. The van der Waals surface area contributed by atoms with Crippen LogP contribution in [-0.4, -0.2) is 60.7 Å². The Kier molecular flexibility index (Phi) is 7.14. The quantitative estimate of drug-likeness (QED) is 0.685. The first-order valence-electron chi connectivity index (χ1n) is 11.5. The maximum atomic E-state index is 12.4. The van der Waals surface area contributed by atoms with Crippen molar-refractivity contribution in [3.8, 4) is 11.5 Å². The summed E-state index contributed by atoms with van der Waals surface area (Å²) in [7, 11) is 0. The van der Waals surface area contributed by atoms with Crippen molar-refractivity contribution in [1.82, 2.24) is 10.2 Å².